The molecule has 9 rings (SSSR count). The first-order chi connectivity index (χ1) is 23.7. The molecular formula is C41H22N6S. The van der Waals surface area contributed by atoms with Gasteiger partial charge in [0.2, 0.25) is 0 Å². The summed E-state index contributed by atoms with van der Waals surface area (Å²) in [6, 6.07) is 49.0. The van der Waals surface area contributed by atoms with Gasteiger partial charge in [-0.2, -0.15) is 10.5 Å². The Labute approximate surface area is 279 Å². The van der Waals surface area contributed by atoms with Crippen molar-refractivity contribution < 1.29 is 0 Å². The van der Waals surface area contributed by atoms with E-state index in [1.54, 1.807) is 11.3 Å². The molecule has 0 unspecified atom stereocenters. The van der Waals surface area contributed by atoms with Gasteiger partial charge in [0, 0.05) is 47.6 Å². The summed E-state index contributed by atoms with van der Waals surface area (Å²) in [5.74, 6) is 1.30. The average molecular weight is 631 g/mol. The second-order valence-electron chi connectivity index (χ2n) is 11.5. The number of thiophene rings is 1. The highest BCUT2D eigenvalue weighted by atomic mass is 32.1. The van der Waals surface area contributed by atoms with E-state index < -0.39 is 0 Å². The van der Waals surface area contributed by atoms with E-state index in [0.717, 1.165) is 38.3 Å². The van der Waals surface area contributed by atoms with Crippen LogP contribution in [-0.2, 0) is 0 Å². The molecule has 0 spiro atoms. The van der Waals surface area contributed by atoms with Gasteiger partial charge < -0.3 is 4.57 Å². The predicted octanol–water partition coefficient (Wildman–Crippen LogP) is 10.1. The molecular weight excluding hydrogens is 609 g/mol. The molecule has 0 aliphatic heterocycles. The lowest BCUT2D eigenvalue weighted by Crippen LogP contribution is -2.05. The SMILES string of the molecule is N#Cc1c(-c2nc(-c3ccccc3)nc(-c3ccccc3)n2)ccc(-n2c3ccccc3c3cc4sc5ccccc5c4cc32)c1C#N. The van der Waals surface area contributed by atoms with Crippen molar-refractivity contribution in [3.8, 4) is 52.0 Å². The van der Waals surface area contributed by atoms with Crippen LogP contribution in [0.4, 0.5) is 0 Å². The number of aromatic nitrogens is 4. The molecule has 0 saturated heterocycles. The minimum absolute atomic E-state index is 0.215. The van der Waals surface area contributed by atoms with E-state index in [1.807, 2.05) is 84.9 Å². The third-order valence-corrected chi connectivity index (χ3v) is 9.89. The molecule has 48 heavy (non-hydrogen) atoms. The molecule has 0 N–H and O–H groups in total. The Kier molecular flexibility index (Phi) is 6.33. The summed E-state index contributed by atoms with van der Waals surface area (Å²) in [5.41, 5.74) is 5.16. The molecule has 0 bridgehead atoms. The Morgan fingerprint density at radius 2 is 1.08 bits per heavy atom. The Balaban J connectivity index is 1.31. The van der Waals surface area contributed by atoms with E-state index >= 15 is 0 Å². The molecule has 9 aromatic rings. The third-order valence-electron chi connectivity index (χ3n) is 8.76. The number of para-hydroxylation sites is 1. The maximum Gasteiger partial charge on any atom is 0.165 e. The highest BCUT2D eigenvalue weighted by Gasteiger charge is 2.23. The molecule has 7 heteroatoms. The number of nitriles is 2. The van der Waals surface area contributed by atoms with Gasteiger partial charge in [-0.3, -0.25) is 0 Å². The predicted molar refractivity (Wildman–Crippen MR) is 193 cm³/mol. The lowest BCUT2D eigenvalue weighted by atomic mass is 9.99. The number of benzene rings is 6. The second-order valence-corrected chi connectivity index (χ2v) is 12.5. The summed E-state index contributed by atoms with van der Waals surface area (Å²) < 4.78 is 4.54. The van der Waals surface area contributed by atoms with E-state index in [1.165, 1.54) is 14.8 Å². The van der Waals surface area contributed by atoms with Crippen LogP contribution < -0.4 is 0 Å². The zero-order chi connectivity index (χ0) is 32.2. The van der Waals surface area contributed by atoms with Crippen molar-refractivity contribution in [1.29, 1.82) is 10.5 Å². The molecule has 222 valence electrons. The summed E-state index contributed by atoms with van der Waals surface area (Å²) in [5, 5.41) is 25.9. The summed E-state index contributed by atoms with van der Waals surface area (Å²) in [6.45, 7) is 0. The lowest BCUT2D eigenvalue weighted by molar-refractivity contribution is 1.07. The van der Waals surface area contributed by atoms with Gasteiger partial charge in [0.15, 0.2) is 17.5 Å². The quantitative estimate of drug-likeness (QED) is 0.193. The summed E-state index contributed by atoms with van der Waals surface area (Å²) in [4.78, 5) is 14.5. The number of rotatable bonds is 4. The van der Waals surface area contributed by atoms with Gasteiger partial charge in [0.1, 0.15) is 12.1 Å². The van der Waals surface area contributed by atoms with Gasteiger partial charge >= 0.3 is 0 Å². The average Bonchev–Trinajstić information content (AvgIpc) is 3.68. The van der Waals surface area contributed by atoms with E-state index in [2.05, 4.69) is 65.2 Å². The van der Waals surface area contributed by atoms with Crippen molar-refractivity contribution in [3.63, 3.8) is 0 Å². The molecule has 0 fully saturated rings. The van der Waals surface area contributed by atoms with Crippen LogP contribution in [0.1, 0.15) is 11.1 Å². The van der Waals surface area contributed by atoms with E-state index in [-0.39, 0.29) is 11.1 Å². The summed E-state index contributed by atoms with van der Waals surface area (Å²) >= 11 is 1.78. The van der Waals surface area contributed by atoms with Crippen molar-refractivity contribution >= 4 is 53.3 Å². The first-order valence-electron chi connectivity index (χ1n) is 15.4. The summed E-state index contributed by atoms with van der Waals surface area (Å²) in [7, 11) is 0. The highest BCUT2D eigenvalue weighted by Crippen LogP contribution is 2.41. The lowest BCUT2D eigenvalue weighted by Gasteiger charge is -2.14. The second kappa shape index (κ2) is 11.0. The normalized spacial score (nSPS) is 11.3. The van der Waals surface area contributed by atoms with Crippen LogP contribution in [0, 0.1) is 22.7 Å². The number of hydrogen-bond acceptors (Lipinski definition) is 6. The van der Waals surface area contributed by atoms with Crippen LogP contribution in [-0.4, -0.2) is 19.5 Å². The largest absolute Gasteiger partial charge is 0.308 e. The monoisotopic (exact) mass is 630 g/mol. The van der Waals surface area contributed by atoms with Crippen LogP contribution in [0.3, 0.4) is 0 Å². The van der Waals surface area contributed by atoms with E-state index in [9.17, 15) is 10.5 Å². The van der Waals surface area contributed by atoms with Crippen LogP contribution in [0.25, 0.3) is 81.8 Å². The van der Waals surface area contributed by atoms with Crippen molar-refractivity contribution in [3.05, 3.63) is 145 Å². The highest BCUT2D eigenvalue weighted by molar-refractivity contribution is 7.25. The molecule has 6 nitrogen and oxygen atoms in total. The maximum atomic E-state index is 10.7. The van der Waals surface area contributed by atoms with E-state index in [0.29, 0.717) is 28.7 Å². The van der Waals surface area contributed by atoms with Gasteiger partial charge in [-0.1, -0.05) is 97.1 Å². The Bertz CT molecular complexity index is 2740. The van der Waals surface area contributed by atoms with Gasteiger partial charge in [-0.25, -0.2) is 15.0 Å². The zero-order valence-electron chi connectivity index (χ0n) is 25.3. The molecule has 0 saturated carbocycles. The minimum atomic E-state index is 0.215. The molecule has 3 aromatic heterocycles. The first-order valence-corrected chi connectivity index (χ1v) is 16.2. The number of fused-ring (bicyclic) bond motifs is 6. The summed E-state index contributed by atoms with van der Waals surface area (Å²) in [6.07, 6.45) is 0. The van der Waals surface area contributed by atoms with Gasteiger partial charge in [0.25, 0.3) is 0 Å². The maximum absolute atomic E-state index is 10.7. The fraction of sp³-hybridized carbons (Fsp3) is 0. The molecule has 0 radical (unpaired) electrons. The van der Waals surface area contributed by atoms with Crippen LogP contribution >= 0.6 is 11.3 Å². The molecule has 3 heterocycles. The fourth-order valence-corrected chi connectivity index (χ4v) is 7.70. The molecule has 6 aromatic carbocycles. The minimum Gasteiger partial charge on any atom is -0.308 e. The smallest absolute Gasteiger partial charge is 0.165 e. The van der Waals surface area contributed by atoms with Crippen LogP contribution in [0.5, 0.6) is 0 Å². The Hall–Kier alpha value is -6.67. The molecule has 0 amide bonds. The molecule has 0 aliphatic rings. The van der Waals surface area contributed by atoms with Crippen molar-refractivity contribution in [2.45, 2.75) is 0 Å². The van der Waals surface area contributed by atoms with Crippen molar-refractivity contribution in [2.75, 3.05) is 0 Å². The molecule has 0 aliphatic carbocycles. The standard InChI is InChI=1S/C41H22N6S/c42-23-32-29(41-45-39(25-11-3-1-4-12-25)44-40(46-41)26-13-5-2-6-14-26)19-20-35(33(32)24-43)47-34-17-9-7-15-27(34)30-22-38-31(21-36(30)47)28-16-8-10-18-37(28)48-38/h1-22H. The third kappa shape index (κ3) is 4.27. The first kappa shape index (κ1) is 27.6. The van der Waals surface area contributed by atoms with Gasteiger partial charge in [-0.05, 0) is 36.4 Å². The van der Waals surface area contributed by atoms with Gasteiger partial charge in [0.05, 0.1) is 27.8 Å². The molecule has 0 atom stereocenters. The number of hydrogen-bond donors (Lipinski definition) is 0. The van der Waals surface area contributed by atoms with Crippen LogP contribution in [0.15, 0.2) is 133 Å². The zero-order valence-corrected chi connectivity index (χ0v) is 26.1. The van der Waals surface area contributed by atoms with Crippen molar-refractivity contribution in [2.24, 2.45) is 0 Å². The Morgan fingerprint density at radius 1 is 0.479 bits per heavy atom. The number of nitrogens with zero attached hydrogens (tertiary/aromatic N) is 6. The Morgan fingerprint density at radius 3 is 1.77 bits per heavy atom. The van der Waals surface area contributed by atoms with E-state index in [4.69, 9.17) is 15.0 Å². The van der Waals surface area contributed by atoms with Crippen LogP contribution in [0.2, 0.25) is 0 Å². The van der Waals surface area contributed by atoms with Gasteiger partial charge in [-0.15, -0.1) is 11.3 Å². The fourth-order valence-electron chi connectivity index (χ4n) is 6.57. The topological polar surface area (TPSA) is 91.2 Å². The van der Waals surface area contributed by atoms with Crippen molar-refractivity contribution in [1.82, 2.24) is 19.5 Å².